The van der Waals surface area contributed by atoms with Crippen molar-refractivity contribution in [2.24, 2.45) is 0 Å². The summed E-state index contributed by atoms with van der Waals surface area (Å²) in [4.78, 5) is 2.44. The molecule has 0 radical (unpaired) electrons. The molecule has 11 rings (SSSR count). The van der Waals surface area contributed by atoms with Crippen molar-refractivity contribution in [2.75, 3.05) is 4.90 Å². The fourth-order valence-corrected chi connectivity index (χ4v) is 9.71. The van der Waals surface area contributed by atoms with Crippen molar-refractivity contribution >= 4 is 80.9 Å². The van der Waals surface area contributed by atoms with Gasteiger partial charge in [0, 0.05) is 26.8 Å². The van der Waals surface area contributed by atoms with Crippen molar-refractivity contribution in [1.29, 1.82) is 0 Å². The van der Waals surface area contributed by atoms with E-state index in [0.29, 0.717) is 0 Å². The molecule has 0 aliphatic carbocycles. The predicted octanol–water partition coefficient (Wildman–Crippen LogP) is 16.0. The monoisotopic (exact) mass is 729 g/mol. The first-order valence-electron chi connectivity index (χ1n) is 19.2. The van der Waals surface area contributed by atoms with E-state index in [2.05, 4.69) is 217 Å². The van der Waals surface area contributed by atoms with Crippen LogP contribution in [0.3, 0.4) is 0 Å². The van der Waals surface area contributed by atoms with Crippen LogP contribution < -0.4 is 4.90 Å². The molecule has 2 heteroatoms. The molecular weight excluding hydrogens is 695 g/mol. The molecule has 10 aromatic carbocycles. The number of benzene rings is 10. The predicted molar refractivity (Wildman–Crippen MR) is 243 cm³/mol. The van der Waals surface area contributed by atoms with Crippen molar-refractivity contribution in [1.82, 2.24) is 0 Å². The average molecular weight is 730 g/mol. The molecule has 0 fully saturated rings. The second-order valence-corrected chi connectivity index (χ2v) is 15.6. The zero-order chi connectivity index (χ0) is 37.0. The second kappa shape index (κ2) is 13.4. The third-order valence-electron chi connectivity index (χ3n) is 11.2. The Morgan fingerprint density at radius 3 is 1.77 bits per heavy atom. The van der Waals surface area contributed by atoms with Gasteiger partial charge >= 0.3 is 0 Å². The number of hydrogen-bond donors (Lipinski definition) is 0. The van der Waals surface area contributed by atoms with Gasteiger partial charge in [0.2, 0.25) is 0 Å². The van der Waals surface area contributed by atoms with Gasteiger partial charge in [-0.2, -0.15) is 0 Å². The Morgan fingerprint density at radius 1 is 0.304 bits per heavy atom. The van der Waals surface area contributed by atoms with Gasteiger partial charge in [-0.15, -0.1) is 11.3 Å². The van der Waals surface area contributed by atoms with E-state index in [1.807, 2.05) is 11.3 Å². The number of thiophene rings is 1. The summed E-state index contributed by atoms with van der Waals surface area (Å²) >= 11 is 1.87. The first kappa shape index (κ1) is 32.4. The van der Waals surface area contributed by atoms with Crippen molar-refractivity contribution in [3.8, 4) is 33.4 Å². The maximum Gasteiger partial charge on any atom is 0.0640 e. The van der Waals surface area contributed by atoms with Crippen LogP contribution in [0.15, 0.2) is 212 Å². The minimum atomic E-state index is 1.12. The smallest absolute Gasteiger partial charge is 0.0640 e. The van der Waals surface area contributed by atoms with Gasteiger partial charge in [-0.25, -0.2) is 0 Å². The molecular formula is C54H35NS. The van der Waals surface area contributed by atoms with Crippen molar-refractivity contribution < 1.29 is 0 Å². The quantitative estimate of drug-likeness (QED) is 0.154. The summed E-state index contributed by atoms with van der Waals surface area (Å²) in [6.45, 7) is 0. The highest BCUT2D eigenvalue weighted by Gasteiger charge is 2.19. The topological polar surface area (TPSA) is 3.24 Å². The molecule has 56 heavy (non-hydrogen) atoms. The van der Waals surface area contributed by atoms with Gasteiger partial charge in [-0.3, -0.25) is 0 Å². The number of anilines is 3. The van der Waals surface area contributed by atoms with Gasteiger partial charge in [0.1, 0.15) is 0 Å². The lowest BCUT2D eigenvalue weighted by Crippen LogP contribution is -2.10. The normalized spacial score (nSPS) is 11.6. The van der Waals surface area contributed by atoms with Crippen molar-refractivity contribution in [3.63, 3.8) is 0 Å². The van der Waals surface area contributed by atoms with Crippen LogP contribution in [0.4, 0.5) is 17.1 Å². The average Bonchev–Trinajstić information content (AvgIpc) is 3.66. The third kappa shape index (κ3) is 5.54. The van der Waals surface area contributed by atoms with Crippen LogP contribution in [0.2, 0.25) is 0 Å². The molecule has 1 heterocycles. The Hall–Kier alpha value is -7.00. The first-order chi connectivity index (χ1) is 27.7. The Balaban J connectivity index is 1.03. The van der Waals surface area contributed by atoms with Crippen LogP contribution in [0.5, 0.6) is 0 Å². The molecule has 0 amide bonds. The Kier molecular flexibility index (Phi) is 7.75. The van der Waals surface area contributed by atoms with Gasteiger partial charge in [-0.05, 0) is 114 Å². The molecule has 1 nitrogen and oxygen atoms in total. The summed E-state index contributed by atoms with van der Waals surface area (Å²) in [5, 5.41) is 10.2. The molecule has 0 N–H and O–H groups in total. The van der Waals surface area contributed by atoms with Crippen LogP contribution >= 0.6 is 11.3 Å². The van der Waals surface area contributed by atoms with Gasteiger partial charge in [0.25, 0.3) is 0 Å². The first-order valence-corrected chi connectivity index (χ1v) is 20.0. The van der Waals surface area contributed by atoms with Crippen LogP contribution in [0, 0.1) is 0 Å². The number of rotatable bonds is 6. The summed E-state index contributed by atoms with van der Waals surface area (Å²) in [7, 11) is 0. The maximum absolute atomic E-state index is 2.44. The summed E-state index contributed by atoms with van der Waals surface area (Å²) < 4.78 is 2.58. The Bertz CT molecular complexity index is 3260. The van der Waals surface area contributed by atoms with E-state index in [9.17, 15) is 0 Å². The second-order valence-electron chi connectivity index (χ2n) is 14.5. The highest BCUT2D eigenvalue weighted by Crippen LogP contribution is 2.46. The molecule has 1 aromatic heterocycles. The van der Waals surface area contributed by atoms with E-state index < -0.39 is 0 Å². The lowest BCUT2D eigenvalue weighted by Gasteiger charge is -2.27. The van der Waals surface area contributed by atoms with E-state index in [0.717, 1.165) is 11.4 Å². The summed E-state index contributed by atoms with van der Waals surface area (Å²) in [5.41, 5.74) is 10.7. The molecule has 0 aliphatic heterocycles. The summed E-state index contributed by atoms with van der Waals surface area (Å²) in [6.07, 6.45) is 0. The van der Waals surface area contributed by atoms with Crippen molar-refractivity contribution in [2.45, 2.75) is 0 Å². The van der Waals surface area contributed by atoms with Gasteiger partial charge < -0.3 is 4.90 Å². The van der Waals surface area contributed by atoms with E-state index in [-0.39, 0.29) is 0 Å². The SMILES string of the molecule is c1cc(-c2cccc(N(c3ccc(-c4ccc5c(ccc6ccccc65)c4)cc3)c3cccc4c3sc3ccccc34)c2)cc(-c2cccc3ccccc23)c1. The number of fused-ring (bicyclic) bond motifs is 7. The van der Waals surface area contributed by atoms with Crippen LogP contribution in [0.25, 0.3) is 85.9 Å². The van der Waals surface area contributed by atoms with Crippen molar-refractivity contribution in [3.05, 3.63) is 212 Å². The molecule has 0 unspecified atom stereocenters. The molecule has 0 saturated heterocycles. The fourth-order valence-electron chi connectivity index (χ4n) is 8.50. The van der Waals surface area contributed by atoms with Gasteiger partial charge in [-0.1, -0.05) is 164 Å². The third-order valence-corrected chi connectivity index (χ3v) is 12.4. The zero-order valence-corrected chi connectivity index (χ0v) is 31.4. The lowest BCUT2D eigenvalue weighted by molar-refractivity contribution is 1.30. The van der Waals surface area contributed by atoms with Crippen LogP contribution in [0.1, 0.15) is 0 Å². The largest absolute Gasteiger partial charge is 0.309 e. The zero-order valence-electron chi connectivity index (χ0n) is 30.6. The summed E-state index contributed by atoms with van der Waals surface area (Å²) in [5.74, 6) is 0. The molecule has 0 spiro atoms. The molecule has 0 aliphatic rings. The van der Waals surface area contributed by atoms with E-state index in [4.69, 9.17) is 0 Å². The van der Waals surface area contributed by atoms with Crippen LogP contribution in [-0.2, 0) is 0 Å². The molecule has 0 atom stereocenters. The highest BCUT2D eigenvalue weighted by atomic mass is 32.1. The number of nitrogens with zero attached hydrogens (tertiary/aromatic N) is 1. The molecule has 11 aromatic rings. The maximum atomic E-state index is 2.44. The minimum Gasteiger partial charge on any atom is -0.309 e. The van der Waals surface area contributed by atoms with E-state index in [1.165, 1.54) is 91.6 Å². The standard InChI is InChI=1S/C54H35NS/c1-3-18-46-37(11-1)13-9-21-48(46)42-16-7-14-39(33-42)40-15-8-17-45(35-40)55(52-23-10-22-51-50-20-5-6-24-53(50)56-54(51)52)44-30-27-36(28-31-44)41-29-32-49-43(34-41)26-25-38-12-2-4-19-47(38)49/h1-35H. The Morgan fingerprint density at radius 2 is 0.893 bits per heavy atom. The van der Waals surface area contributed by atoms with E-state index >= 15 is 0 Å². The molecule has 0 bridgehead atoms. The lowest BCUT2D eigenvalue weighted by atomic mass is 9.95. The van der Waals surface area contributed by atoms with Gasteiger partial charge in [0.05, 0.1) is 10.4 Å². The molecule has 0 saturated carbocycles. The number of hydrogen-bond acceptors (Lipinski definition) is 2. The van der Waals surface area contributed by atoms with Crippen LogP contribution in [-0.4, -0.2) is 0 Å². The molecule has 262 valence electrons. The Labute approximate surface area is 330 Å². The summed E-state index contributed by atoms with van der Waals surface area (Å²) in [6, 6.07) is 77.7. The van der Waals surface area contributed by atoms with E-state index in [1.54, 1.807) is 0 Å². The minimum absolute atomic E-state index is 1.12. The van der Waals surface area contributed by atoms with Gasteiger partial charge in [0.15, 0.2) is 0 Å². The fraction of sp³-hybridized carbons (Fsp3) is 0. The highest BCUT2D eigenvalue weighted by molar-refractivity contribution is 7.26.